The van der Waals surface area contributed by atoms with Crippen molar-refractivity contribution in [2.45, 2.75) is 6.10 Å². The van der Waals surface area contributed by atoms with Crippen LogP contribution in [0.2, 0.25) is 0 Å². The van der Waals surface area contributed by atoms with Crippen LogP contribution in [0.5, 0.6) is 5.75 Å². The summed E-state index contributed by atoms with van der Waals surface area (Å²) in [6.45, 7) is 0.683. The zero-order chi connectivity index (χ0) is 14.8. The molecule has 0 aromatic heterocycles. The van der Waals surface area contributed by atoms with Crippen molar-refractivity contribution in [3.8, 4) is 11.8 Å². The molecule has 0 radical (unpaired) electrons. The molecule has 1 N–H and O–H groups in total. The van der Waals surface area contributed by atoms with Crippen molar-refractivity contribution in [3.63, 3.8) is 0 Å². The quantitative estimate of drug-likeness (QED) is 0.757. The van der Waals surface area contributed by atoms with Crippen molar-refractivity contribution in [3.05, 3.63) is 29.8 Å². The fourth-order valence-corrected chi connectivity index (χ4v) is 1.45. The molecule has 0 aliphatic rings. The van der Waals surface area contributed by atoms with Crippen LogP contribution in [-0.2, 0) is 14.3 Å². The molecule has 0 saturated carbocycles. The second-order valence-corrected chi connectivity index (χ2v) is 4.04. The van der Waals surface area contributed by atoms with E-state index in [0.29, 0.717) is 24.5 Å². The Bertz CT molecular complexity index is 453. The number of nitrogens with one attached hydrogen (secondary N) is 1. The van der Waals surface area contributed by atoms with Crippen LogP contribution in [0.15, 0.2) is 24.3 Å². The first-order valence-corrected chi connectivity index (χ1v) is 6.11. The maximum Gasteiger partial charge on any atom is 0.258 e. The monoisotopic (exact) mass is 278 g/mol. The molecule has 6 nitrogen and oxygen atoms in total. The molecule has 1 amide bonds. The average Bonchev–Trinajstić information content (AvgIpc) is 2.49. The van der Waals surface area contributed by atoms with Crippen molar-refractivity contribution >= 4 is 5.91 Å². The smallest absolute Gasteiger partial charge is 0.258 e. The lowest BCUT2D eigenvalue weighted by Gasteiger charge is -2.15. The molecular weight excluding hydrogens is 260 g/mol. The fraction of sp³-hybridized carbons (Fsp3) is 0.429. The lowest BCUT2D eigenvalue weighted by atomic mass is 10.2. The summed E-state index contributed by atoms with van der Waals surface area (Å²) in [5, 5.41) is 11.3. The highest BCUT2D eigenvalue weighted by molar-refractivity contribution is 5.77. The second-order valence-electron chi connectivity index (χ2n) is 4.04. The van der Waals surface area contributed by atoms with E-state index in [-0.39, 0.29) is 18.6 Å². The molecule has 0 spiro atoms. The first-order valence-electron chi connectivity index (χ1n) is 6.11. The van der Waals surface area contributed by atoms with Crippen LogP contribution in [0.25, 0.3) is 0 Å². The number of hydrogen-bond acceptors (Lipinski definition) is 5. The third-order valence-corrected chi connectivity index (χ3v) is 2.57. The van der Waals surface area contributed by atoms with Gasteiger partial charge in [-0.3, -0.25) is 4.79 Å². The number of hydrogen-bond donors (Lipinski definition) is 1. The maximum atomic E-state index is 11.6. The summed E-state index contributed by atoms with van der Waals surface area (Å²) >= 11 is 0. The number of nitrogens with zero attached hydrogens (tertiary/aromatic N) is 1. The zero-order valence-corrected chi connectivity index (χ0v) is 11.6. The molecule has 1 aromatic carbocycles. The van der Waals surface area contributed by atoms with Gasteiger partial charge in [-0.15, -0.1) is 0 Å². The summed E-state index contributed by atoms with van der Waals surface area (Å²) in [5.41, 5.74) is 0.546. The Labute approximate surface area is 118 Å². The van der Waals surface area contributed by atoms with Crippen LogP contribution in [0, 0.1) is 11.3 Å². The van der Waals surface area contributed by atoms with Gasteiger partial charge in [0.1, 0.15) is 5.75 Å². The Kier molecular flexibility index (Phi) is 7.11. The number of benzene rings is 1. The molecule has 1 rings (SSSR count). The van der Waals surface area contributed by atoms with Crippen molar-refractivity contribution in [2.75, 3.05) is 34.0 Å². The van der Waals surface area contributed by atoms with Gasteiger partial charge in [-0.25, -0.2) is 0 Å². The van der Waals surface area contributed by atoms with Crippen molar-refractivity contribution in [1.82, 2.24) is 5.32 Å². The number of nitriles is 1. The Balaban J connectivity index is 2.30. The van der Waals surface area contributed by atoms with E-state index in [2.05, 4.69) is 5.32 Å². The number of rotatable bonds is 8. The van der Waals surface area contributed by atoms with E-state index in [1.807, 2.05) is 6.07 Å². The summed E-state index contributed by atoms with van der Waals surface area (Å²) < 4.78 is 15.4. The third-order valence-electron chi connectivity index (χ3n) is 2.57. The lowest BCUT2D eigenvalue weighted by Crippen LogP contribution is -2.37. The molecule has 1 atom stereocenters. The van der Waals surface area contributed by atoms with E-state index in [1.165, 1.54) is 0 Å². The summed E-state index contributed by atoms with van der Waals surface area (Å²) in [4.78, 5) is 11.6. The van der Waals surface area contributed by atoms with Crippen LogP contribution in [0.1, 0.15) is 5.56 Å². The minimum absolute atomic E-state index is 0.0880. The first kappa shape index (κ1) is 16.0. The molecule has 0 fully saturated rings. The van der Waals surface area contributed by atoms with Crippen LogP contribution < -0.4 is 10.1 Å². The zero-order valence-electron chi connectivity index (χ0n) is 11.6. The Morgan fingerprint density at radius 1 is 1.35 bits per heavy atom. The largest absolute Gasteiger partial charge is 0.484 e. The lowest BCUT2D eigenvalue weighted by molar-refractivity contribution is -0.123. The highest BCUT2D eigenvalue weighted by Crippen LogP contribution is 2.11. The van der Waals surface area contributed by atoms with Gasteiger partial charge < -0.3 is 19.5 Å². The third kappa shape index (κ3) is 5.69. The molecule has 6 heteroatoms. The SMILES string of the molecule is COCC(CNC(=O)COc1ccc(C#N)cc1)OC. The van der Waals surface area contributed by atoms with E-state index < -0.39 is 0 Å². The summed E-state index contributed by atoms with van der Waals surface area (Å²) in [7, 11) is 3.13. The topological polar surface area (TPSA) is 80.6 Å². The van der Waals surface area contributed by atoms with E-state index in [1.54, 1.807) is 38.5 Å². The van der Waals surface area contributed by atoms with E-state index in [0.717, 1.165) is 0 Å². The predicted molar refractivity (Wildman–Crippen MR) is 72.3 cm³/mol. The van der Waals surface area contributed by atoms with Crippen LogP contribution >= 0.6 is 0 Å². The van der Waals surface area contributed by atoms with Gasteiger partial charge in [0.25, 0.3) is 5.91 Å². The highest BCUT2D eigenvalue weighted by atomic mass is 16.5. The predicted octanol–water partition coefficient (Wildman–Crippen LogP) is 0.715. The summed E-state index contributed by atoms with van der Waals surface area (Å²) in [6.07, 6.45) is -0.182. The van der Waals surface area contributed by atoms with Gasteiger partial charge >= 0.3 is 0 Å². The van der Waals surface area contributed by atoms with Gasteiger partial charge in [0.2, 0.25) is 0 Å². The minimum Gasteiger partial charge on any atom is -0.484 e. The van der Waals surface area contributed by atoms with Gasteiger partial charge in [0, 0.05) is 20.8 Å². The van der Waals surface area contributed by atoms with Gasteiger partial charge in [-0.1, -0.05) is 0 Å². The fourth-order valence-electron chi connectivity index (χ4n) is 1.45. The van der Waals surface area contributed by atoms with Crippen molar-refractivity contribution < 1.29 is 19.0 Å². The molecule has 0 aliphatic heterocycles. The Hall–Kier alpha value is -2.10. The standard InChI is InChI=1S/C14H18N2O4/c1-18-9-13(19-2)8-16-14(17)10-20-12-5-3-11(7-15)4-6-12/h3-6,13H,8-10H2,1-2H3,(H,16,17). The Morgan fingerprint density at radius 3 is 2.60 bits per heavy atom. The van der Waals surface area contributed by atoms with E-state index in [9.17, 15) is 4.79 Å². The normalized spacial score (nSPS) is 11.4. The van der Waals surface area contributed by atoms with Gasteiger partial charge in [-0.05, 0) is 24.3 Å². The molecule has 108 valence electrons. The van der Waals surface area contributed by atoms with Crippen LogP contribution in [-0.4, -0.2) is 46.0 Å². The summed E-state index contributed by atoms with van der Waals surface area (Å²) in [6, 6.07) is 8.57. The first-order chi connectivity index (χ1) is 9.69. The van der Waals surface area contributed by atoms with Crippen molar-refractivity contribution in [1.29, 1.82) is 5.26 Å². The van der Waals surface area contributed by atoms with Crippen LogP contribution in [0.3, 0.4) is 0 Å². The molecular formula is C14H18N2O4. The molecule has 20 heavy (non-hydrogen) atoms. The van der Waals surface area contributed by atoms with Gasteiger partial charge in [0.05, 0.1) is 24.3 Å². The Morgan fingerprint density at radius 2 is 2.05 bits per heavy atom. The number of carbonyl (C=O) groups is 1. The molecule has 1 aromatic rings. The van der Waals surface area contributed by atoms with E-state index in [4.69, 9.17) is 19.5 Å². The molecule has 0 bridgehead atoms. The summed E-state index contributed by atoms with van der Waals surface area (Å²) in [5.74, 6) is 0.298. The number of amides is 1. The van der Waals surface area contributed by atoms with Crippen LogP contribution in [0.4, 0.5) is 0 Å². The highest BCUT2D eigenvalue weighted by Gasteiger charge is 2.09. The average molecular weight is 278 g/mol. The van der Waals surface area contributed by atoms with Gasteiger partial charge in [0.15, 0.2) is 6.61 Å². The number of carbonyl (C=O) groups excluding carboxylic acids is 1. The second kappa shape index (κ2) is 8.91. The molecule has 0 saturated heterocycles. The molecule has 0 aliphatic carbocycles. The maximum absolute atomic E-state index is 11.6. The molecule has 1 unspecified atom stereocenters. The molecule has 0 heterocycles. The minimum atomic E-state index is -0.243. The number of methoxy groups -OCH3 is 2. The van der Waals surface area contributed by atoms with Crippen molar-refractivity contribution in [2.24, 2.45) is 0 Å². The van der Waals surface area contributed by atoms with Gasteiger partial charge in [-0.2, -0.15) is 5.26 Å². The van der Waals surface area contributed by atoms with E-state index >= 15 is 0 Å². The number of ether oxygens (including phenoxy) is 3.